The third-order valence-corrected chi connectivity index (χ3v) is 3.64. The van der Waals surface area contributed by atoms with E-state index in [1.165, 1.54) is 17.7 Å². The average Bonchev–Trinajstić information content (AvgIpc) is 3.02. The van der Waals surface area contributed by atoms with Crippen LogP contribution in [0.2, 0.25) is 0 Å². The summed E-state index contributed by atoms with van der Waals surface area (Å²) < 4.78 is 18.4. The van der Waals surface area contributed by atoms with Crippen LogP contribution in [-0.4, -0.2) is 10.1 Å². The topological polar surface area (TPSA) is 64.9 Å². The van der Waals surface area contributed by atoms with Crippen LogP contribution >= 0.6 is 0 Å². The van der Waals surface area contributed by atoms with Gasteiger partial charge in [0, 0.05) is 6.42 Å². The predicted octanol–water partition coefficient (Wildman–Crippen LogP) is 3.43. The SMILES string of the molecule is N[C@H](CCc1ccccc1)c1nc(Cc2cccc(F)c2)no1. The second-order valence-corrected chi connectivity index (χ2v) is 5.49. The van der Waals surface area contributed by atoms with E-state index in [1.807, 2.05) is 24.3 Å². The Balaban J connectivity index is 1.60. The molecule has 2 N–H and O–H groups in total. The van der Waals surface area contributed by atoms with Crippen LogP contribution < -0.4 is 5.73 Å². The highest BCUT2D eigenvalue weighted by atomic mass is 19.1. The molecule has 4 nitrogen and oxygen atoms in total. The van der Waals surface area contributed by atoms with E-state index < -0.39 is 0 Å². The van der Waals surface area contributed by atoms with Crippen LogP contribution in [0.4, 0.5) is 4.39 Å². The fourth-order valence-electron chi connectivity index (χ4n) is 2.41. The highest BCUT2D eigenvalue weighted by molar-refractivity contribution is 5.20. The van der Waals surface area contributed by atoms with Crippen molar-refractivity contribution in [2.45, 2.75) is 25.3 Å². The fraction of sp³-hybridized carbons (Fsp3) is 0.222. The van der Waals surface area contributed by atoms with Gasteiger partial charge in [0.15, 0.2) is 5.82 Å². The zero-order valence-electron chi connectivity index (χ0n) is 12.7. The van der Waals surface area contributed by atoms with E-state index >= 15 is 0 Å². The summed E-state index contributed by atoms with van der Waals surface area (Å²) in [5.41, 5.74) is 8.14. The molecule has 118 valence electrons. The van der Waals surface area contributed by atoms with E-state index in [1.54, 1.807) is 6.07 Å². The van der Waals surface area contributed by atoms with Gasteiger partial charge in [0.05, 0.1) is 6.04 Å². The summed E-state index contributed by atoms with van der Waals surface area (Å²) in [7, 11) is 0. The first-order chi connectivity index (χ1) is 11.2. The van der Waals surface area contributed by atoms with E-state index in [4.69, 9.17) is 10.3 Å². The summed E-state index contributed by atoms with van der Waals surface area (Å²) in [6, 6.07) is 16.2. The molecule has 0 fully saturated rings. The highest BCUT2D eigenvalue weighted by Gasteiger charge is 2.15. The van der Waals surface area contributed by atoms with Gasteiger partial charge in [-0.1, -0.05) is 47.6 Å². The van der Waals surface area contributed by atoms with Crippen LogP contribution in [0.15, 0.2) is 59.1 Å². The van der Waals surface area contributed by atoms with Gasteiger partial charge in [-0.2, -0.15) is 4.98 Å². The van der Waals surface area contributed by atoms with Crippen molar-refractivity contribution >= 4 is 0 Å². The molecular weight excluding hydrogens is 293 g/mol. The summed E-state index contributed by atoms with van der Waals surface area (Å²) >= 11 is 0. The largest absolute Gasteiger partial charge is 0.338 e. The standard InChI is InChI=1S/C18H18FN3O/c19-15-8-4-7-14(11-15)12-17-21-18(23-22-17)16(20)10-9-13-5-2-1-3-6-13/h1-8,11,16H,9-10,12,20H2/t16-/m1/s1. The maximum absolute atomic E-state index is 13.2. The number of aromatic nitrogens is 2. The molecule has 1 aromatic heterocycles. The van der Waals surface area contributed by atoms with Gasteiger partial charge in [-0.15, -0.1) is 0 Å². The Bertz CT molecular complexity index is 758. The van der Waals surface area contributed by atoms with Crippen LogP contribution in [0.1, 0.15) is 35.3 Å². The van der Waals surface area contributed by atoms with Crippen molar-refractivity contribution in [3.8, 4) is 0 Å². The zero-order valence-corrected chi connectivity index (χ0v) is 12.7. The molecule has 0 spiro atoms. The maximum Gasteiger partial charge on any atom is 0.243 e. The first kappa shape index (κ1) is 15.4. The summed E-state index contributed by atoms with van der Waals surface area (Å²) in [4.78, 5) is 4.32. The Morgan fingerprint density at radius 1 is 1.04 bits per heavy atom. The highest BCUT2D eigenvalue weighted by Crippen LogP contribution is 2.16. The Kier molecular flexibility index (Phi) is 4.78. The quantitative estimate of drug-likeness (QED) is 0.757. The average molecular weight is 311 g/mol. The van der Waals surface area contributed by atoms with Crippen molar-refractivity contribution in [1.82, 2.24) is 10.1 Å². The molecule has 5 heteroatoms. The van der Waals surface area contributed by atoms with E-state index in [2.05, 4.69) is 22.3 Å². The molecule has 3 aromatic rings. The molecule has 23 heavy (non-hydrogen) atoms. The fourth-order valence-corrected chi connectivity index (χ4v) is 2.41. The molecule has 0 radical (unpaired) electrons. The molecule has 0 bridgehead atoms. The van der Waals surface area contributed by atoms with Crippen LogP contribution in [-0.2, 0) is 12.8 Å². The monoisotopic (exact) mass is 311 g/mol. The third kappa shape index (κ3) is 4.23. The lowest BCUT2D eigenvalue weighted by atomic mass is 10.1. The van der Waals surface area contributed by atoms with Gasteiger partial charge in [0.1, 0.15) is 5.82 Å². The van der Waals surface area contributed by atoms with Crippen molar-refractivity contribution in [3.05, 3.63) is 83.3 Å². The molecule has 3 rings (SSSR count). The van der Waals surface area contributed by atoms with Gasteiger partial charge in [-0.25, -0.2) is 4.39 Å². The predicted molar refractivity (Wildman–Crippen MR) is 85.2 cm³/mol. The summed E-state index contributed by atoms with van der Waals surface area (Å²) in [5.74, 6) is 0.666. The number of aryl methyl sites for hydroxylation is 1. The number of rotatable bonds is 6. The summed E-state index contributed by atoms with van der Waals surface area (Å²) in [6.07, 6.45) is 2.00. The molecule has 0 aliphatic carbocycles. The van der Waals surface area contributed by atoms with Crippen molar-refractivity contribution in [2.75, 3.05) is 0 Å². The van der Waals surface area contributed by atoms with Crippen molar-refractivity contribution in [1.29, 1.82) is 0 Å². The van der Waals surface area contributed by atoms with Crippen molar-refractivity contribution < 1.29 is 8.91 Å². The van der Waals surface area contributed by atoms with Gasteiger partial charge in [0.2, 0.25) is 5.89 Å². The molecule has 2 aromatic carbocycles. The Morgan fingerprint density at radius 2 is 1.83 bits per heavy atom. The van der Waals surface area contributed by atoms with Crippen LogP contribution in [0.3, 0.4) is 0 Å². The second-order valence-electron chi connectivity index (χ2n) is 5.49. The lowest BCUT2D eigenvalue weighted by molar-refractivity contribution is 0.345. The van der Waals surface area contributed by atoms with Crippen LogP contribution in [0.5, 0.6) is 0 Å². The maximum atomic E-state index is 13.2. The normalized spacial score (nSPS) is 12.3. The second kappa shape index (κ2) is 7.15. The third-order valence-electron chi connectivity index (χ3n) is 3.64. The minimum atomic E-state index is -0.302. The van der Waals surface area contributed by atoms with E-state index in [-0.39, 0.29) is 11.9 Å². The molecule has 0 amide bonds. The molecule has 0 unspecified atom stereocenters. The van der Waals surface area contributed by atoms with Gasteiger partial charge in [-0.05, 0) is 36.1 Å². The minimum absolute atomic E-state index is 0.272. The van der Waals surface area contributed by atoms with Crippen LogP contribution in [0, 0.1) is 5.82 Å². The number of halogens is 1. The van der Waals surface area contributed by atoms with Crippen molar-refractivity contribution in [3.63, 3.8) is 0 Å². The Labute approximate surface area is 134 Å². The summed E-state index contributed by atoms with van der Waals surface area (Å²) in [6.45, 7) is 0. The molecule has 0 saturated heterocycles. The van der Waals surface area contributed by atoms with Gasteiger partial charge in [0.25, 0.3) is 0 Å². The first-order valence-corrected chi connectivity index (χ1v) is 7.57. The smallest absolute Gasteiger partial charge is 0.243 e. The van der Waals surface area contributed by atoms with Gasteiger partial charge < -0.3 is 10.3 Å². The number of nitrogens with zero attached hydrogens (tertiary/aromatic N) is 2. The number of nitrogens with two attached hydrogens (primary N) is 1. The number of benzene rings is 2. The molecule has 0 aliphatic heterocycles. The minimum Gasteiger partial charge on any atom is -0.338 e. The number of hydrogen-bond acceptors (Lipinski definition) is 4. The zero-order chi connectivity index (χ0) is 16.1. The molecule has 1 atom stereocenters. The Morgan fingerprint density at radius 3 is 2.61 bits per heavy atom. The van der Waals surface area contributed by atoms with E-state index in [0.717, 1.165) is 18.4 Å². The lowest BCUT2D eigenvalue weighted by Crippen LogP contribution is -2.12. The molecular formula is C18H18FN3O. The first-order valence-electron chi connectivity index (χ1n) is 7.57. The number of hydrogen-bond donors (Lipinski definition) is 1. The molecule has 0 saturated carbocycles. The van der Waals surface area contributed by atoms with Crippen molar-refractivity contribution in [2.24, 2.45) is 5.73 Å². The Hall–Kier alpha value is -2.53. The van der Waals surface area contributed by atoms with E-state index in [0.29, 0.717) is 18.1 Å². The van der Waals surface area contributed by atoms with Gasteiger partial charge >= 0.3 is 0 Å². The summed E-state index contributed by atoms with van der Waals surface area (Å²) in [5, 5.41) is 3.93. The molecule has 0 aliphatic rings. The van der Waals surface area contributed by atoms with Crippen LogP contribution in [0.25, 0.3) is 0 Å². The molecule has 1 heterocycles. The lowest BCUT2D eigenvalue weighted by Gasteiger charge is -2.06. The van der Waals surface area contributed by atoms with E-state index in [9.17, 15) is 4.39 Å². The van der Waals surface area contributed by atoms with Gasteiger partial charge in [-0.3, -0.25) is 0 Å².